The smallest absolute Gasteiger partial charge is 0.170 e. The van der Waals surface area contributed by atoms with E-state index in [9.17, 15) is 0 Å². The van der Waals surface area contributed by atoms with Gasteiger partial charge in [-0.25, -0.2) is 9.67 Å². The van der Waals surface area contributed by atoms with Crippen LogP contribution in [0.25, 0.3) is 5.69 Å². The number of fused-ring (bicyclic) bond motifs is 1. The summed E-state index contributed by atoms with van der Waals surface area (Å²) in [4.78, 5) is 4.26. The number of nitrogens with zero attached hydrogens (tertiary/aromatic N) is 7. The molecule has 2 aromatic heterocycles. The number of hydrogen-bond donors (Lipinski definition) is 1. The Labute approximate surface area is 139 Å². The molecule has 0 amide bonds. The Kier molecular flexibility index (Phi) is 3.81. The van der Waals surface area contributed by atoms with Gasteiger partial charge in [-0.15, -0.1) is 5.10 Å². The molecular formula is C16H20N8. The number of nitrogens with one attached hydrogen (secondary N) is 1. The molecule has 4 rings (SSSR count). The van der Waals surface area contributed by atoms with Crippen molar-refractivity contribution in [3.05, 3.63) is 47.3 Å². The van der Waals surface area contributed by atoms with Gasteiger partial charge in [-0.2, -0.15) is 9.78 Å². The van der Waals surface area contributed by atoms with Crippen LogP contribution in [0.5, 0.6) is 0 Å². The SMILES string of the molecule is Cc1cccc(C)c1-n1nnnc1CN[C@H]1CCc2ncnn2C1. The third-order valence-corrected chi connectivity index (χ3v) is 4.54. The molecular weight excluding hydrogens is 304 g/mol. The summed E-state index contributed by atoms with van der Waals surface area (Å²) < 4.78 is 3.80. The molecule has 0 aliphatic carbocycles. The van der Waals surface area contributed by atoms with Gasteiger partial charge in [0.25, 0.3) is 0 Å². The van der Waals surface area contributed by atoms with Gasteiger partial charge >= 0.3 is 0 Å². The fraction of sp³-hybridized carbons (Fsp3) is 0.438. The van der Waals surface area contributed by atoms with E-state index >= 15 is 0 Å². The molecule has 3 heterocycles. The molecule has 1 aromatic carbocycles. The molecule has 0 radical (unpaired) electrons. The maximum Gasteiger partial charge on any atom is 0.170 e. The second kappa shape index (κ2) is 6.12. The van der Waals surface area contributed by atoms with Gasteiger partial charge in [-0.1, -0.05) is 18.2 Å². The highest BCUT2D eigenvalue weighted by Gasteiger charge is 2.20. The Bertz CT molecular complexity index is 829. The van der Waals surface area contributed by atoms with Crippen molar-refractivity contribution in [2.75, 3.05) is 0 Å². The quantitative estimate of drug-likeness (QED) is 0.770. The molecule has 1 aliphatic heterocycles. The number of aromatic nitrogens is 7. The van der Waals surface area contributed by atoms with Crippen LogP contribution >= 0.6 is 0 Å². The van der Waals surface area contributed by atoms with Crippen LogP contribution in [0.3, 0.4) is 0 Å². The molecule has 0 saturated carbocycles. The van der Waals surface area contributed by atoms with Crippen molar-refractivity contribution in [3.8, 4) is 5.69 Å². The van der Waals surface area contributed by atoms with Gasteiger partial charge < -0.3 is 5.32 Å². The molecule has 0 spiro atoms. The molecule has 0 unspecified atom stereocenters. The zero-order valence-electron chi connectivity index (χ0n) is 13.8. The van der Waals surface area contributed by atoms with Crippen LogP contribution < -0.4 is 5.32 Å². The van der Waals surface area contributed by atoms with Crippen molar-refractivity contribution in [1.82, 2.24) is 40.3 Å². The first kappa shape index (κ1) is 14.9. The summed E-state index contributed by atoms with van der Waals surface area (Å²) in [6, 6.07) is 6.56. The predicted octanol–water partition coefficient (Wildman–Crippen LogP) is 0.975. The predicted molar refractivity (Wildman–Crippen MR) is 87.6 cm³/mol. The number of hydrogen-bond acceptors (Lipinski definition) is 6. The van der Waals surface area contributed by atoms with E-state index < -0.39 is 0 Å². The third kappa shape index (κ3) is 2.69. The lowest BCUT2D eigenvalue weighted by molar-refractivity contribution is 0.354. The molecule has 3 aromatic rings. The van der Waals surface area contributed by atoms with E-state index in [2.05, 4.69) is 56.9 Å². The molecule has 1 atom stereocenters. The van der Waals surface area contributed by atoms with E-state index in [0.717, 1.165) is 47.8 Å². The van der Waals surface area contributed by atoms with E-state index in [1.807, 2.05) is 15.4 Å². The van der Waals surface area contributed by atoms with Gasteiger partial charge in [0.05, 0.1) is 18.8 Å². The molecule has 8 heteroatoms. The number of rotatable bonds is 4. The Hall–Kier alpha value is -2.61. The Morgan fingerprint density at radius 2 is 2.08 bits per heavy atom. The number of tetrazole rings is 1. The molecule has 24 heavy (non-hydrogen) atoms. The zero-order valence-corrected chi connectivity index (χ0v) is 13.8. The van der Waals surface area contributed by atoms with Crippen LogP contribution in [-0.2, 0) is 19.5 Å². The topological polar surface area (TPSA) is 86.3 Å². The molecule has 1 aliphatic rings. The molecule has 0 fully saturated rings. The fourth-order valence-corrected chi connectivity index (χ4v) is 3.27. The highest BCUT2D eigenvalue weighted by Crippen LogP contribution is 2.19. The molecule has 0 saturated heterocycles. The van der Waals surface area contributed by atoms with Crippen LogP contribution in [0.4, 0.5) is 0 Å². The van der Waals surface area contributed by atoms with Crippen molar-refractivity contribution >= 4 is 0 Å². The lowest BCUT2D eigenvalue weighted by Gasteiger charge is -2.23. The highest BCUT2D eigenvalue weighted by molar-refractivity contribution is 5.46. The maximum atomic E-state index is 4.26. The van der Waals surface area contributed by atoms with Gasteiger partial charge in [-0.3, -0.25) is 0 Å². The van der Waals surface area contributed by atoms with Gasteiger partial charge in [0.2, 0.25) is 0 Å². The number of aryl methyl sites for hydroxylation is 3. The van der Waals surface area contributed by atoms with Crippen molar-refractivity contribution in [2.24, 2.45) is 0 Å². The Balaban J connectivity index is 1.50. The lowest BCUT2D eigenvalue weighted by Crippen LogP contribution is -2.38. The summed E-state index contributed by atoms with van der Waals surface area (Å²) in [6.45, 7) is 5.61. The van der Waals surface area contributed by atoms with Crippen LogP contribution in [0.15, 0.2) is 24.5 Å². The van der Waals surface area contributed by atoms with Crippen molar-refractivity contribution in [3.63, 3.8) is 0 Å². The third-order valence-electron chi connectivity index (χ3n) is 4.54. The van der Waals surface area contributed by atoms with Gasteiger partial charge in [0, 0.05) is 12.5 Å². The molecule has 0 bridgehead atoms. The fourth-order valence-electron chi connectivity index (χ4n) is 3.27. The number of para-hydroxylation sites is 1. The molecule has 8 nitrogen and oxygen atoms in total. The first-order valence-electron chi connectivity index (χ1n) is 8.16. The van der Waals surface area contributed by atoms with Gasteiger partial charge in [0.1, 0.15) is 12.2 Å². The van der Waals surface area contributed by atoms with Gasteiger partial charge in [-0.05, 0) is 41.8 Å². The van der Waals surface area contributed by atoms with Crippen molar-refractivity contribution in [2.45, 2.75) is 45.8 Å². The summed E-state index contributed by atoms with van der Waals surface area (Å²) in [5, 5.41) is 20.1. The summed E-state index contributed by atoms with van der Waals surface area (Å²) in [7, 11) is 0. The maximum absolute atomic E-state index is 4.26. The molecule has 1 N–H and O–H groups in total. The normalized spacial score (nSPS) is 17.0. The van der Waals surface area contributed by atoms with E-state index in [-0.39, 0.29) is 0 Å². The Morgan fingerprint density at radius 1 is 1.25 bits per heavy atom. The minimum Gasteiger partial charge on any atom is -0.305 e. The minimum atomic E-state index is 0.349. The van der Waals surface area contributed by atoms with Crippen LogP contribution in [0.2, 0.25) is 0 Å². The standard InChI is InChI=1S/C16H20N8/c1-11-4-3-5-12(2)16(11)24-15(20-21-22-24)8-17-13-6-7-14-18-10-19-23(14)9-13/h3-5,10,13,17H,6-9H2,1-2H3/t13-/m0/s1. The first-order valence-corrected chi connectivity index (χ1v) is 8.16. The summed E-state index contributed by atoms with van der Waals surface area (Å²) >= 11 is 0. The second-order valence-electron chi connectivity index (χ2n) is 6.22. The van der Waals surface area contributed by atoms with E-state index in [1.165, 1.54) is 0 Å². The summed E-state index contributed by atoms with van der Waals surface area (Å²) in [6.07, 6.45) is 3.61. The zero-order chi connectivity index (χ0) is 16.5. The highest BCUT2D eigenvalue weighted by atomic mass is 15.5. The van der Waals surface area contributed by atoms with E-state index in [0.29, 0.717) is 12.6 Å². The lowest BCUT2D eigenvalue weighted by atomic mass is 10.1. The largest absolute Gasteiger partial charge is 0.305 e. The first-order chi connectivity index (χ1) is 11.7. The average molecular weight is 324 g/mol. The number of benzene rings is 1. The van der Waals surface area contributed by atoms with Crippen LogP contribution in [-0.4, -0.2) is 41.0 Å². The Morgan fingerprint density at radius 3 is 2.92 bits per heavy atom. The van der Waals surface area contributed by atoms with Gasteiger partial charge in [0.15, 0.2) is 5.82 Å². The van der Waals surface area contributed by atoms with Crippen molar-refractivity contribution < 1.29 is 0 Å². The second-order valence-corrected chi connectivity index (χ2v) is 6.22. The average Bonchev–Trinajstić information content (AvgIpc) is 3.21. The monoisotopic (exact) mass is 324 g/mol. The van der Waals surface area contributed by atoms with Crippen LogP contribution in [0, 0.1) is 13.8 Å². The van der Waals surface area contributed by atoms with E-state index in [4.69, 9.17) is 0 Å². The minimum absolute atomic E-state index is 0.349. The van der Waals surface area contributed by atoms with E-state index in [1.54, 1.807) is 6.33 Å². The van der Waals surface area contributed by atoms with Crippen molar-refractivity contribution in [1.29, 1.82) is 0 Å². The molecule has 124 valence electrons. The summed E-state index contributed by atoms with van der Waals surface area (Å²) in [5.74, 6) is 1.88. The summed E-state index contributed by atoms with van der Waals surface area (Å²) in [5.41, 5.74) is 3.38. The van der Waals surface area contributed by atoms with Crippen LogP contribution in [0.1, 0.15) is 29.2 Å².